The maximum absolute atomic E-state index is 11.9. The third-order valence-electron chi connectivity index (χ3n) is 2.59. The van der Waals surface area contributed by atoms with Gasteiger partial charge in [-0.1, -0.05) is 0 Å². The number of anilines is 1. The van der Waals surface area contributed by atoms with E-state index in [4.69, 9.17) is 0 Å². The highest BCUT2D eigenvalue weighted by Crippen LogP contribution is 2.19. The van der Waals surface area contributed by atoms with Gasteiger partial charge < -0.3 is 15.2 Å². The van der Waals surface area contributed by atoms with Crippen molar-refractivity contribution in [3.05, 3.63) is 53.7 Å². The first kappa shape index (κ1) is 13.5. The van der Waals surface area contributed by atoms with E-state index in [1.54, 1.807) is 6.07 Å². The first-order valence-electron chi connectivity index (χ1n) is 5.75. The second-order valence-electron chi connectivity index (χ2n) is 3.89. The van der Waals surface area contributed by atoms with Gasteiger partial charge in [-0.3, -0.25) is 4.79 Å². The summed E-state index contributed by atoms with van der Waals surface area (Å²) in [6.45, 7) is 0. The molecule has 6 nitrogen and oxygen atoms in total. The van der Waals surface area contributed by atoms with E-state index in [0.717, 1.165) is 0 Å². The number of carbonyl (C=O) groups is 2. The number of carbonyl (C=O) groups excluding carboxylic acids is 2. The van der Waals surface area contributed by atoms with Crippen molar-refractivity contribution in [2.45, 2.75) is 0 Å². The summed E-state index contributed by atoms with van der Waals surface area (Å²) in [4.78, 5) is 27.0. The zero-order valence-corrected chi connectivity index (χ0v) is 10.7. The molecule has 1 heterocycles. The molecule has 0 saturated heterocycles. The number of benzene rings is 1. The number of hydrogen-bond acceptors (Lipinski definition) is 5. The van der Waals surface area contributed by atoms with Crippen molar-refractivity contribution < 1.29 is 19.4 Å². The number of ether oxygens (including phenoxy) is 1. The molecule has 2 N–H and O–H groups in total. The Bertz CT molecular complexity index is 638. The molecule has 1 aromatic heterocycles. The van der Waals surface area contributed by atoms with Crippen LogP contribution in [-0.4, -0.2) is 29.1 Å². The summed E-state index contributed by atoms with van der Waals surface area (Å²) >= 11 is 0. The van der Waals surface area contributed by atoms with Crippen LogP contribution in [0.1, 0.15) is 20.7 Å². The molecule has 0 aliphatic carbocycles. The van der Waals surface area contributed by atoms with E-state index < -0.39 is 11.9 Å². The molecule has 20 heavy (non-hydrogen) atoms. The summed E-state index contributed by atoms with van der Waals surface area (Å²) in [5, 5.41) is 12.0. The fourth-order valence-corrected chi connectivity index (χ4v) is 1.55. The Balaban J connectivity index is 2.14. The molecule has 0 radical (unpaired) electrons. The summed E-state index contributed by atoms with van der Waals surface area (Å²) in [7, 11) is 1.28. The van der Waals surface area contributed by atoms with Crippen molar-refractivity contribution in [3.63, 3.8) is 0 Å². The van der Waals surface area contributed by atoms with Gasteiger partial charge in [-0.05, 0) is 36.4 Å². The zero-order chi connectivity index (χ0) is 14.5. The van der Waals surface area contributed by atoms with E-state index in [9.17, 15) is 14.7 Å². The Labute approximate surface area is 115 Å². The number of esters is 1. The zero-order valence-electron chi connectivity index (χ0n) is 10.7. The minimum absolute atomic E-state index is 0.0783. The van der Waals surface area contributed by atoms with Gasteiger partial charge in [0, 0.05) is 11.8 Å². The molecule has 6 heteroatoms. The minimum Gasteiger partial charge on any atom is -0.504 e. The molecular weight excluding hydrogens is 260 g/mol. The van der Waals surface area contributed by atoms with Crippen LogP contribution in [-0.2, 0) is 4.74 Å². The number of pyridine rings is 1. The van der Waals surface area contributed by atoms with Crippen LogP contribution in [0.5, 0.6) is 5.75 Å². The molecule has 2 rings (SSSR count). The predicted octanol–water partition coefficient (Wildman–Crippen LogP) is 1.83. The normalized spacial score (nSPS) is 9.85. The van der Waals surface area contributed by atoms with Gasteiger partial charge in [0.1, 0.15) is 0 Å². The van der Waals surface area contributed by atoms with Crippen molar-refractivity contribution in [1.82, 2.24) is 4.98 Å². The van der Waals surface area contributed by atoms with E-state index in [1.807, 2.05) is 0 Å². The smallest absolute Gasteiger partial charge is 0.337 e. The van der Waals surface area contributed by atoms with Crippen LogP contribution >= 0.6 is 0 Å². The number of rotatable bonds is 3. The number of amides is 1. The molecule has 2 aromatic rings. The van der Waals surface area contributed by atoms with E-state index in [2.05, 4.69) is 15.0 Å². The molecule has 1 amide bonds. The highest BCUT2D eigenvalue weighted by Gasteiger charge is 2.11. The van der Waals surface area contributed by atoms with Gasteiger partial charge in [-0.2, -0.15) is 0 Å². The quantitative estimate of drug-likeness (QED) is 0.832. The predicted molar refractivity (Wildman–Crippen MR) is 71.6 cm³/mol. The number of hydrogen-bond donors (Lipinski definition) is 2. The minimum atomic E-state index is -0.473. The van der Waals surface area contributed by atoms with Crippen molar-refractivity contribution in [3.8, 4) is 5.75 Å². The second-order valence-corrected chi connectivity index (χ2v) is 3.89. The van der Waals surface area contributed by atoms with Crippen molar-refractivity contribution in [2.24, 2.45) is 0 Å². The average Bonchev–Trinajstić information content (AvgIpc) is 2.49. The largest absolute Gasteiger partial charge is 0.504 e. The van der Waals surface area contributed by atoms with E-state index in [0.29, 0.717) is 11.1 Å². The molecule has 1 aromatic carbocycles. The van der Waals surface area contributed by atoms with Gasteiger partial charge in [0.2, 0.25) is 0 Å². The molecular formula is C14H12N2O4. The van der Waals surface area contributed by atoms with Crippen molar-refractivity contribution in [2.75, 3.05) is 12.4 Å². The molecule has 0 aliphatic rings. The Morgan fingerprint density at radius 3 is 2.40 bits per heavy atom. The summed E-state index contributed by atoms with van der Waals surface area (Å²) < 4.78 is 4.57. The van der Waals surface area contributed by atoms with Crippen LogP contribution in [0, 0.1) is 0 Å². The number of methoxy groups -OCH3 is 1. The second kappa shape index (κ2) is 5.83. The fourth-order valence-electron chi connectivity index (χ4n) is 1.55. The molecule has 0 saturated carbocycles. The number of nitrogens with zero attached hydrogens (tertiary/aromatic N) is 1. The van der Waals surface area contributed by atoms with Crippen LogP contribution in [0.25, 0.3) is 0 Å². The Hall–Kier alpha value is -2.89. The first-order valence-corrected chi connectivity index (χ1v) is 5.75. The average molecular weight is 272 g/mol. The van der Waals surface area contributed by atoms with Crippen LogP contribution in [0.2, 0.25) is 0 Å². The lowest BCUT2D eigenvalue weighted by Crippen LogP contribution is -2.13. The molecule has 102 valence electrons. The highest BCUT2D eigenvalue weighted by molar-refractivity contribution is 6.04. The SMILES string of the molecule is COC(=O)c1ccc(C(=O)Nc2ncccc2O)cc1. The molecule has 0 spiro atoms. The Kier molecular flexibility index (Phi) is 3.95. The van der Waals surface area contributed by atoms with Crippen molar-refractivity contribution >= 4 is 17.7 Å². The Morgan fingerprint density at radius 1 is 1.15 bits per heavy atom. The lowest BCUT2D eigenvalue weighted by Gasteiger charge is -2.06. The molecule has 0 aliphatic heterocycles. The third kappa shape index (κ3) is 2.92. The van der Waals surface area contributed by atoms with Crippen LogP contribution in [0.4, 0.5) is 5.82 Å². The maximum atomic E-state index is 11.9. The van der Waals surface area contributed by atoms with E-state index in [-0.39, 0.29) is 11.6 Å². The van der Waals surface area contributed by atoms with Gasteiger partial charge in [-0.25, -0.2) is 9.78 Å². The van der Waals surface area contributed by atoms with Gasteiger partial charge in [-0.15, -0.1) is 0 Å². The summed E-state index contributed by atoms with van der Waals surface area (Å²) in [5.41, 5.74) is 0.687. The first-order chi connectivity index (χ1) is 9.61. The summed E-state index contributed by atoms with van der Waals surface area (Å²) in [6.07, 6.45) is 1.45. The van der Waals surface area contributed by atoms with E-state index >= 15 is 0 Å². The summed E-state index contributed by atoms with van der Waals surface area (Å²) in [5.74, 6) is -0.948. The van der Waals surface area contributed by atoms with Gasteiger partial charge in [0.25, 0.3) is 5.91 Å². The molecule has 0 fully saturated rings. The van der Waals surface area contributed by atoms with Gasteiger partial charge in [0.05, 0.1) is 12.7 Å². The number of aromatic hydroxyl groups is 1. The molecule has 0 bridgehead atoms. The maximum Gasteiger partial charge on any atom is 0.337 e. The molecule has 0 atom stereocenters. The van der Waals surface area contributed by atoms with Gasteiger partial charge in [0.15, 0.2) is 11.6 Å². The van der Waals surface area contributed by atoms with Crippen LogP contribution in [0.15, 0.2) is 42.6 Å². The standard InChI is InChI=1S/C14H12N2O4/c1-20-14(19)10-6-4-9(5-7-10)13(18)16-12-11(17)3-2-8-15-12/h2-8,17H,1H3,(H,15,16,18). The lowest BCUT2D eigenvalue weighted by molar-refractivity contribution is 0.0600. The Morgan fingerprint density at radius 2 is 1.80 bits per heavy atom. The van der Waals surface area contributed by atoms with E-state index in [1.165, 1.54) is 43.6 Å². The lowest BCUT2D eigenvalue weighted by atomic mass is 10.1. The number of aromatic nitrogens is 1. The highest BCUT2D eigenvalue weighted by atomic mass is 16.5. The molecule has 0 unspecified atom stereocenters. The van der Waals surface area contributed by atoms with Crippen LogP contribution < -0.4 is 5.32 Å². The fraction of sp³-hybridized carbons (Fsp3) is 0.0714. The number of nitrogens with one attached hydrogen (secondary N) is 1. The monoisotopic (exact) mass is 272 g/mol. The summed E-state index contributed by atoms with van der Waals surface area (Å²) in [6, 6.07) is 8.92. The van der Waals surface area contributed by atoms with Gasteiger partial charge >= 0.3 is 5.97 Å². The topological polar surface area (TPSA) is 88.5 Å². The third-order valence-corrected chi connectivity index (χ3v) is 2.59. The van der Waals surface area contributed by atoms with Crippen molar-refractivity contribution in [1.29, 1.82) is 0 Å². The van der Waals surface area contributed by atoms with Crippen LogP contribution in [0.3, 0.4) is 0 Å².